The summed E-state index contributed by atoms with van der Waals surface area (Å²) in [6.45, 7) is 5.18. The lowest BCUT2D eigenvalue weighted by molar-refractivity contribution is -0.147. The predicted molar refractivity (Wildman–Crippen MR) is 146 cm³/mol. The Balaban J connectivity index is 1.41. The monoisotopic (exact) mass is 473 g/mol. The molecule has 4 aromatic rings. The maximum atomic E-state index is 13.7. The number of ketones is 2. The highest BCUT2D eigenvalue weighted by atomic mass is 16.2. The first-order valence-electron chi connectivity index (χ1n) is 12.8. The van der Waals surface area contributed by atoms with Crippen LogP contribution >= 0.6 is 0 Å². The third-order valence-corrected chi connectivity index (χ3v) is 8.08. The van der Waals surface area contributed by atoms with E-state index in [1.807, 2.05) is 32.0 Å². The summed E-state index contributed by atoms with van der Waals surface area (Å²) >= 11 is 0. The van der Waals surface area contributed by atoms with Crippen LogP contribution < -0.4 is 4.90 Å². The van der Waals surface area contributed by atoms with Crippen LogP contribution in [-0.4, -0.2) is 18.1 Å². The Morgan fingerprint density at radius 3 is 2.06 bits per heavy atom. The largest absolute Gasteiger partial charge is 0.365 e. The zero-order valence-corrected chi connectivity index (χ0v) is 21.0. The lowest BCUT2D eigenvalue weighted by atomic mass is 9.59. The third-order valence-electron chi connectivity index (χ3n) is 8.08. The van der Waals surface area contributed by atoms with Crippen molar-refractivity contribution in [3.8, 4) is 11.1 Å². The Hall–Kier alpha value is -3.72. The van der Waals surface area contributed by atoms with Gasteiger partial charge in [-0.25, -0.2) is 0 Å². The van der Waals surface area contributed by atoms with Gasteiger partial charge in [0.25, 0.3) is 0 Å². The molecular formula is C33H31NO2. The summed E-state index contributed by atoms with van der Waals surface area (Å²) in [6, 6.07) is 31.7. The zero-order valence-electron chi connectivity index (χ0n) is 21.0. The second-order valence-corrected chi connectivity index (χ2v) is 11.3. The fourth-order valence-electron chi connectivity index (χ4n) is 6.17. The van der Waals surface area contributed by atoms with Gasteiger partial charge in [-0.3, -0.25) is 9.59 Å². The van der Waals surface area contributed by atoms with Crippen LogP contribution in [0.2, 0.25) is 0 Å². The number of Topliss-reactive ketones (excluding diaryl/α,β-unsaturated/α-hetero) is 2. The molecule has 1 aliphatic heterocycles. The minimum Gasteiger partial charge on any atom is -0.365 e. The molecule has 0 atom stereocenters. The van der Waals surface area contributed by atoms with Crippen molar-refractivity contribution < 1.29 is 9.59 Å². The molecule has 0 radical (unpaired) electrons. The number of carbonyl (C=O) groups is 2. The summed E-state index contributed by atoms with van der Waals surface area (Å²) in [5, 5.41) is 2.29. The average molecular weight is 474 g/mol. The van der Waals surface area contributed by atoms with Gasteiger partial charge in [0.15, 0.2) is 0 Å². The second kappa shape index (κ2) is 8.44. The standard InChI is InChI=1S/C33H31NO2/c1-32(2)19-30(35)33(31(36)20-32)18-28-27-11-7-6-10-26(27)16-17-29(28)34(22-33)21-23-12-14-25(15-13-23)24-8-4-3-5-9-24/h3-17H,18-22H2,1-2H3. The van der Waals surface area contributed by atoms with E-state index in [0.29, 0.717) is 32.4 Å². The molecular weight excluding hydrogens is 442 g/mol. The summed E-state index contributed by atoms with van der Waals surface area (Å²) in [5.74, 6) is 0.207. The number of carbonyl (C=O) groups excluding carboxylic acids is 2. The van der Waals surface area contributed by atoms with Crippen molar-refractivity contribution in [3.63, 3.8) is 0 Å². The molecule has 0 aromatic heterocycles. The summed E-state index contributed by atoms with van der Waals surface area (Å²) in [4.78, 5) is 29.7. The minimum absolute atomic E-state index is 0.103. The van der Waals surface area contributed by atoms with E-state index in [4.69, 9.17) is 0 Å². The van der Waals surface area contributed by atoms with Gasteiger partial charge < -0.3 is 4.90 Å². The van der Waals surface area contributed by atoms with E-state index in [1.54, 1.807) is 0 Å². The van der Waals surface area contributed by atoms with Crippen LogP contribution in [0.3, 0.4) is 0 Å². The predicted octanol–water partition coefficient (Wildman–Crippen LogP) is 7.01. The highest BCUT2D eigenvalue weighted by Crippen LogP contribution is 2.48. The fourth-order valence-corrected chi connectivity index (χ4v) is 6.17. The fraction of sp³-hybridized carbons (Fsp3) is 0.273. The molecule has 180 valence electrons. The summed E-state index contributed by atoms with van der Waals surface area (Å²) in [7, 11) is 0. The van der Waals surface area contributed by atoms with Crippen molar-refractivity contribution in [2.24, 2.45) is 10.8 Å². The lowest BCUT2D eigenvalue weighted by Crippen LogP contribution is -2.57. The molecule has 1 fully saturated rings. The molecule has 0 N–H and O–H groups in total. The molecule has 2 aliphatic rings. The highest BCUT2D eigenvalue weighted by molar-refractivity contribution is 6.11. The third kappa shape index (κ3) is 3.83. The van der Waals surface area contributed by atoms with Crippen molar-refractivity contribution in [1.29, 1.82) is 0 Å². The van der Waals surface area contributed by atoms with Crippen molar-refractivity contribution in [1.82, 2.24) is 0 Å². The molecule has 3 nitrogen and oxygen atoms in total. The van der Waals surface area contributed by atoms with Gasteiger partial charge >= 0.3 is 0 Å². The molecule has 0 bridgehead atoms. The van der Waals surface area contributed by atoms with E-state index in [0.717, 1.165) is 22.0 Å². The highest BCUT2D eigenvalue weighted by Gasteiger charge is 2.54. The Morgan fingerprint density at radius 1 is 0.694 bits per heavy atom. The van der Waals surface area contributed by atoms with Gasteiger partial charge in [0, 0.05) is 31.6 Å². The maximum Gasteiger partial charge on any atom is 0.149 e. The van der Waals surface area contributed by atoms with Gasteiger partial charge in [-0.05, 0) is 50.9 Å². The first-order chi connectivity index (χ1) is 17.3. The number of anilines is 1. The summed E-state index contributed by atoms with van der Waals surface area (Å²) in [6.07, 6.45) is 1.41. The van der Waals surface area contributed by atoms with Gasteiger partial charge in [0.05, 0.1) is 0 Å². The molecule has 6 rings (SSSR count). The Labute approximate surface area is 212 Å². The van der Waals surface area contributed by atoms with Gasteiger partial charge in [-0.2, -0.15) is 0 Å². The van der Waals surface area contributed by atoms with Gasteiger partial charge in [0.2, 0.25) is 0 Å². The van der Waals surface area contributed by atoms with E-state index < -0.39 is 5.41 Å². The molecule has 0 amide bonds. The first-order valence-corrected chi connectivity index (χ1v) is 12.8. The summed E-state index contributed by atoms with van der Waals surface area (Å²) < 4.78 is 0. The molecule has 0 saturated heterocycles. The molecule has 1 saturated carbocycles. The Bertz CT molecular complexity index is 1450. The Morgan fingerprint density at radius 2 is 1.33 bits per heavy atom. The Kier molecular flexibility index (Phi) is 5.33. The SMILES string of the molecule is CC1(C)CC(=O)C2(Cc3c(ccc4ccccc34)N(Cc3ccc(-c4ccccc4)cc3)C2)C(=O)C1. The van der Waals surface area contributed by atoms with Crippen LogP contribution in [0.4, 0.5) is 5.69 Å². The van der Waals surface area contributed by atoms with E-state index in [-0.39, 0.29) is 17.0 Å². The van der Waals surface area contributed by atoms with Crippen molar-refractivity contribution in [2.45, 2.75) is 39.7 Å². The quantitative estimate of drug-likeness (QED) is 0.300. The molecule has 36 heavy (non-hydrogen) atoms. The molecule has 0 unspecified atom stereocenters. The lowest BCUT2D eigenvalue weighted by Gasteiger charge is -2.47. The van der Waals surface area contributed by atoms with Crippen LogP contribution in [0.5, 0.6) is 0 Å². The van der Waals surface area contributed by atoms with Crippen molar-refractivity contribution in [2.75, 3.05) is 11.4 Å². The number of benzene rings is 4. The van der Waals surface area contributed by atoms with Crippen LogP contribution in [0.15, 0.2) is 91.0 Å². The average Bonchev–Trinajstić information content (AvgIpc) is 2.88. The van der Waals surface area contributed by atoms with E-state index in [2.05, 4.69) is 77.7 Å². The topological polar surface area (TPSA) is 37.4 Å². The van der Waals surface area contributed by atoms with Crippen molar-refractivity contribution in [3.05, 3.63) is 102 Å². The van der Waals surface area contributed by atoms with Crippen LogP contribution in [0.1, 0.15) is 37.8 Å². The maximum absolute atomic E-state index is 13.7. The van der Waals surface area contributed by atoms with Crippen molar-refractivity contribution >= 4 is 28.0 Å². The smallest absolute Gasteiger partial charge is 0.149 e. The van der Waals surface area contributed by atoms with E-state index in [1.165, 1.54) is 16.7 Å². The molecule has 1 heterocycles. The van der Waals surface area contributed by atoms with Crippen LogP contribution in [0.25, 0.3) is 21.9 Å². The van der Waals surface area contributed by atoms with E-state index in [9.17, 15) is 9.59 Å². The molecule has 1 spiro atoms. The second-order valence-electron chi connectivity index (χ2n) is 11.3. The minimum atomic E-state index is -0.962. The number of hydrogen-bond donors (Lipinski definition) is 0. The van der Waals surface area contributed by atoms with Gasteiger partial charge in [-0.15, -0.1) is 0 Å². The van der Waals surface area contributed by atoms with Gasteiger partial charge in [-0.1, -0.05) is 98.8 Å². The van der Waals surface area contributed by atoms with Crippen LogP contribution in [0, 0.1) is 10.8 Å². The van der Waals surface area contributed by atoms with E-state index >= 15 is 0 Å². The normalized spacial score (nSPS) is 18.4. The molecule has 1 aliphatic carbocycles. The number of fused-ring (bicyclic) bond motifs is 3. The van der Waals surface area contributed by atoms with Gasteiger partial charge in [0.1, 0.15) is 17.0 Å². The summed E-state index contributed by atoms with van der Waals surface area (Å²) in [5.41, 5.74) is 4.58. The zero-order chi connectivity index (χ0) is 24.9. The number of nitrogens with zero attached hydrogens (tertiary/aromatic N) is 1. The first kappa shape index (κ1) is 22.7. The van der Waals surface area contributed by atoms with Crippen LogP contribution in [-0.2, 0) is 22.6 Å². The number of hydrogen-bond acceptors (Lipinski definition) is 3. The molecule has 3 heteroatoms. The molecule has 4 aromatic carbocycles. The number of rotatable bonds is 3.